The van der Waals surface area contributed by atoms with Gasteiger partial charge in [0.2, 0.25) is 5.89 Å². The van der Waals surface area contributed by atoms with Gasteiger partial charge in [-0.25, -0.2) is 9.59 Å². The average molecular weight is 481 g/mol. The Hall–Kier alpha value is -3.79. The largest absolute Gasteiger partial charge is 0.494 e. The molecule has 0 bridgehead atoms. The van der Waals surface area contributed by atoms with Crippen LogP contribution in [0.1, 0.15) is 25.5 Å². The van der Waals surface area contributed by atoms with Gasteiger partial charge in [-0.15, -0.1) is 10.2 Å². The second-order valence-electron chi connectivity index (χ2n) is 7.17. The Morgan fingerprint density at radius 2 is 1.82 bits per heavy atom. The van der Waals surface area contributed by atoms with Crippen molar-refractivity contribution in [2.75, 3.05) is 19.0 Å². The van der Waals surface area contributed by atoms with Gasteiger partial charge in [0.25, 0.3) is 5.22 Å². The van der Waals surface area contributed by atoms with Crippen LogP contribution in [0.25, 0.3) is 11.5 Å². The predicted molar refractivity (Wildman–Crippen MR) is 126 cm³/mol. The Labute approximate surface area is 200 Å². The van der Waals surface area contributed by atoms with Gasteiger partial charge in [-0.1, -0.05) is 42.1 Å². The summed E-state index contributed by atoms with van der Waals surface area (Å²) in [4.78, 5) is 25.2. The van der Waals surface area contributed by atoms with Gasteiger partial charge in [0.15, 0.2) is 0 Å². The summed E-state index contributed by atoms with van der Waals surface area (Å²) in [5.74, 6) is 0.852. The Morgan fingerprint density at radius 1 is 1.06 bits per heavy atom. The molecule has 3 aromatic rings. The topological polar surface area (TPSA) is 116 Å². The molecule has 0 saturated heterocycles. The zero-order valence-corrected chi connectivity index (χ0v) is 19.6. The van der Waals surface area contributed by atoms with Crippen molar-refractivity contribution in [3.63, 3.8) is 0 Å². The molecule has 1 atom stereocenters. The molecule has 0 fully saturated rings. The molecule has 0 spiro atoms. The van der Waals surface area contributed by atoms with Crippen LogP contribution < -0.4 is 15.4 Å². The number of carbonyl (C=O) groups is 2. The number of benzene rings is 2. The van der Waals surface area contributed by atoms with Crippen LogP contribution in [0.3, 0.4) is 0 Å². The second-order valence-corrected chi connectivity index (χ2v) is 8.10. The fraction of sp³-hybridized carbons (Fsp3) is 0.250. The van der Waals surface area contributed by atoms with E-state index in [1.54, 1.807) is 6.92 Å². The van der Waals surface area contributed by atoms with Crippen LogP contribution in [-0.2, 0) is 9.53 Å². The minimum Gasteiger partial charge on any atom is -0.494 e. The highest BCUT2D eigenvalue weighted by atomic mass is 32.2. The molecule has 0 radical (unpaired) electrons. The van der Waals surface area contributed by atoms with Gasteiger partial charge in [-0.3, -0.25) is 0 Å². The Bertz CT molecular complexity index is 1180. The number of urea groups is 1. The van der Waals surface area contributed by atoms with Gasteiger partial charge < -0.3 is 24.5 Å². The van der Waals surface area contributed by atoms with E-state index < -0.39 is 18.0 Å². The van der Waals surface area contributed by atoms with Crippen LogP contribution in [0.2, 0.25) is 0 Å². The van der Waals surface area contributed by atoms with E-state index in [0.29, 0.717) is 29.0 Å². The maximum Gasteiger partial charge on any atom is 0.338 e. The number of thioether (sulfide) groups is 1. The highest BCUT2D eigenvalue weighted by molar-refractivity contribution is 7.99. The third-order valence-corrected chi connectivity index (χ3v) is 5.79. The highest BCUT2D eigenvalue weighted by Crippen LogP contribution is 2.31. The number of ether oxygens (including phenoxy) is 2. The van der Waals surface area contributed by atoms with Crippen molar-refractivity contribution < 1.29 is 23.5 Å². The molecule has 2 N–H and O–H groups in total. The SMILES string of the molecule is CCOC(=O)C1=C(CSc2nnc(-c3ccc(OCC)cc3)o2)NC(=O)N[C@H]1c1ccccc1. The van der Waals surface area contributed by atoms with Crippen molar-refractivity contribution in [2.24, 2.45) is 0 Å². The molecule has 0 aliphatic carbocycles. The van der Waals surface area contributed by atoms with E-state index in [-0.39, 0.29) is 12.4 Å². The van der Waals surface area contributed by atoms with E-state index in [1.807, 2.05) is 61.5 Å². The standard InChI is InChI=1S/C24H24N4O5S/c1-3-31-17-12-10-16(11-13-17)21-27-28-24(33-21)34-14-18-19(22(29)32-4-2)20(26-23(30)25-18)15-8-6-5-7-9-15/h5-13,20H,3-4,14H2,1-2H3,(H2,25,26,30)/t20-/m0/s1. The van der Waals surface area contributed by atoms with Gasteiger partial charge in [-0.2, -0.15) is 0 Å². The summed E-state index contributed by atoms with van der Waals surface area (Å²) in [5.41, 5.74) is 2.31. The van der Waals surface area contributed by atoms with Crippen molar-refractivity contribution in [1.82, 2.24) is 20.8 Å². The number of aromatic nitrogens is 2. The van der Waals surface area contributed by atoms with Crippen LogP contribution in [0.4, 0.5) is 4.79 Å². The number of nitrogens with one attached hydrogen (secondary N) is 2. The van der Waals surface area contributed by atoms with E-state index in [2.05, 4.69) is 20.8 Å². The molecule has 0 unspecified atom stereocenters. The van der Waals surface area contributed by atoms with Gasteiger partial charge >= 0.3 is 12.0 Å². The molecular weight excluding hydrogens is 456 g/mol. The number of amides is 2. The minimum atomic E-state index is -0.633. The average Bonchev–Trinajstić information content (AvgIpc) is 3.33. The second kappa shape index (κ2) is 10.9. The summed E-state index contributed by atoms with van der Waals surface area (Å²) in [7, 11) is 0. The Morgan fingerprint density at radius 3 is 2.53 bits per heavy atom. The number of esters is 1. The number of hydrogen-bond acceptors (Lipinski definition) is 8. The first-order chi connectivity index (χ1) is 16.6. The number of carbonyl (C=O) groups excluding carboxylic acids is 2. The summed E-state index contributed by atoms with van der Waals surface area (Å²) >= 11 is 1.22. The zero-order chi connectivity index (χ0) is 23.9. The fourth-order valence-corrected chi connectivity index (χ4v) is 4.19. The summed E-state index contributed by atoms with van der Waals surface area (Å²) < 4.78 is 16.5. The molecule has 34 heavy (non-hydrogen) atoms. The van der Waals surface area contributed by atoms with Crippen LogP contribution in [-0.4, -0.2) is 41.2 Å². The van der Waals surface area contributed by atoms with Crippen LogP contribution in [0.5, 0.6) is 5.75 Å². The molecular formula is C24H24N4O5S. The molecule has 1 aliphatic heterocycles. The summed E-state index contributed by atoms with van der Waals surface area (Å²) in [6.07, 6.45) is 0. The lowest BCUT2D eigenvalue weighted by atomic mass is 9.95. The van der Waals surface area contributed by atoms with Crippen molar-refractivity contribution in [1.29, 1.82) is 0 Å². The molecule has 10 heteroatoms. The van der Waals surface area contributed by atoms with E-state index in [1.165, 1.54) is 11.8 Å². The zero-order valence-electron chi connectivity index (χ0n) is 18.7. The molecule has 4 rings (SSSR count). The molecule has 2 heterocycles. The number of nitrogens with zero attached hydrogens (tertiary/aromatic N) is 2. The smallest absolute Gasteiger partial charge is 0.338 e. The quantitative estimate of drug-likeness (QED) is 0.347. The van der Waals surface area contributed by atoms with Crippen molar-refractivity contribution in [2.45, 2.75) is 25.1 Å². The normalized spacial score (nSPS) is 15.5. The number of rotatable bonds is 9. The van der Waals surface area contributed by atoms with Gasteiger partial charge in [-0.05, 0) is 43.7 Å². The third-order valence-electron chi connectivity index (χ3n) is 4.94. The molecule has 0 saturated carbocycles. The fourth-order valence-electron chi connectivity index (χ4n) is 3.46. The highest BCUT2D eigenvalue weighted by Gasteiger charge is 2.33. The van der Waals surface area contributed by atoms with Crippen molar-refractivity contribution >= 4 is 23.8 Å². The lowest BCUT2D eigenvalue weighted by Gasteiger charge is -2.29. The minimum absolute atomic E-state index is 0.216. The van der Waals surface area contributed by atoms with E-state index in [4.69, 9.17) is 13.9 Å². The lowest BCUT2D eigenvalue weighted by Crippen LogP contribution is -2.46. The first kappa shape index (κ1) is 23.4. The van der Waals surface area contributed by atoms with Gasteiger partial charge in [0, 0.05) is 17.0 Å². The first-order valence-corrected chi connectivity index (χ1v) is 11.8. The molecule has 1 aliphatic rings. The van der Waals surface area contributed by atoms with Crippen LogP contribution in [0, 0.1) is 0 Å². The maximum absolute atomic E-state index is 12.8. The van der Waals surface area contributed by atoms with Gasteiger partial charge in [0.1, 0.15) is 5.75 Å². The number of hydrogen-bond donors (Lipinski definition) is 2. The van der Waals surface area contributed by atoms with E-state index in [9.17, 15) is 9.59 Å². The van der Waals surface area contributed by atoms with Crippen LogP contribution >= 0.6 is 11.8 Å². The van der Waals surface area contributed by atoms with Crippen LogP contribution in [0.15, 0.2) is 75.5 Å². The lowest BCUT2D eigenvalue weighted by molar-refractivity contribution is -0.139. The molecule has 2 aromatic carbocycles. The summed E-state index contributed by atoms with van der Waals surface area (Å²) in [6, 6.07) is 15.6. The first-order valence-electron chi connectivity index (χ1n) is 10.8. The van der Waals surface area contributed by atoms with Gasteiger partial charge in [0.05, 0.1) is 24.8 Å². The Balaban J connectivity index is 1.56. The molecule has 176 valence electrons. The monoisotopic (exact) mass is 480 g/mol. The molecule has 9 nitrogen and oxygen atoms in total. The van der Waals surface area contributed by atoms with Crippen molar-refractivity contribution in [3.8, 4) is 17.2 Å². The van der Waals surface area contributed by atoms with E-state index >= 15 is 0 Å². The Kier molecular flexibility index (Phi) is 7.48. The summed E-state index contributed by atoms with van der Waals surface area (Å²) in [5, 5.41) is 14.0. The summed E-state index contributed by atoms with van der Waals surface area (Å²) in [6.45, 7) is 4.46. The maximum atomic E-state index is 12.8. The van der Waals surface area contributed by atoms with Crippen molar-refractivity contribution in [3.05, 3.63) is 71.4 Å². The molecule has 1 aromatic heterocycles. The third kappa shape index (κ3) is 5.40. The van der Waals surface area contributed by atoms with E-state index in [0.717, 1.165) is 16.9 Å². The predicted octanol–water partition coefficient (Wildman–Crippen LogP) is 4.10. The molecule has 2 amide bonds.